The van der Waals surface area contributed by atoms with Crippen molar-refractivity contribution < 1.29 is 9.53 Å². The molecule has 0 unspecified atom stereocenters. The van der Waals surface area contributed by atoms with Gasteiger partial charge in [0.1, 0.15) is 12.0 Å². The Morgan fingerprint density at radius 2 is 1.81 bits per heavy atom. The molecule has 2 aromatic rings. The van der Waals surface area contributed by atoms with Gasteiger partial charge >= 0.3 is 0 Å². The summed E-state index contributed by atoms with van der Waals surface area (Å²) in [5.41, 5.74) is 2.47. The molecule has 0 aliphatic carbocycles. The predicted octanol–water partition coefficient (Wildman–Crippen LogP) is 4.23. The SMILES string of the molecule is O=C(c1ccc2c(c1)NC=CO2)N1CCN(c2ccc(Cl)c(Cl)c2)CC1. The van der Waals surface area contributed by atoms with Gasteiger partial charge in [0.15, 0.2) is 0 Å². The summed E-state index contributed by atoms with van der Waals surface area (Å²) in [5, 5.41) is 4.18. The number of hydrogen-bond donors (Lipinski definition) is 1. The third-order valence-corrected chi connectivity index (χ3v) is 5.30. The highest BCUT2D eigenvalue weighted by molar-refractivity contribution is 6.42. The Morgan fingerprint density at radius 3 is 2.58 bits per heavy atom. The predicted molar refractivity (Wildman–Crippen MR) is 104 cm³/mol. The minimum absolute atomic E-state index is 0.0259. The molecule has 1 amide bonds. The molecule has 0 spiro atoms. The Hall–Kier alpha value is -2.37. The second-order valence-electron chi connectivity index (χ2n) is 6.15. The van der Waals surface area contributed by atoms with Gasteiger partial charge in [0.05, 0.1) is 15.7 Å². The van der Waals surface area contributed by atoms with Gasteiger partial charge in [-0.2, -0.15) is 0 Å². The highest BCUT2D eigenvalue weighted by atomic mass is 35.5. The first-order chi connectivity index (χ1) is 12.6. The summed E-state index contributed by atoms with van der Waals surface area (Å²) in [6.07, 6.45) is 3.28. The lowest BCUT2D eigenvalue weighted by atomic mass is 10.1. The van der Waals surface area contributed by atoms with Crippen LogP contribution in [-0.4, -0.2) is 37.0 Å². The average Bonchev–Trinajstić information content (AvgIpc) is 2.69. The van der Waals surface area contributed by atoms with Gasteiger partial charge in [-0.05, 0) is 36.4 Å². The molecule has 0 bridgehead atoms. The number of amides is 1. The van der Waals surface area contributed by atoms with E-state index in [9.17, 15) is 4.79 Å². The molecule has 1 saturated heterocycles. The topological polar surface area (TPSA) is 44.8 Å². The first-order valence-corrected chi connectivity index (χ1v) is 9.09. The lowest BCUT2D eigenvalue weighted by molar-refractivity contribution is 0.0747. The molecule has 4 rings (SSSR count). The van der Waals surface area contributed by atoms with E-state index >= 15 is 0 Å². The zero-order chi connectivity index (χ0) is 18.1. The smallest absolute Gasteiger partial charge is 0.254 e. The van der Waals surface area contributed by atoms with Crippen molar-refractivity contribution in [2.24, 2.45) is 0 Å². The summed E-state index contributed by atoms with van der Waals surface area (Å²) >= 11 is 12.1. The van der Waals surface area contributed by atoms with Crippen LogP contribution in [0.4, 0.5) is 11.4 Å². The lowest BCUT2D eigenvalue weighted by Crippen LogP contribution is -2.48. The number of nitrogens with zero attached hydrogens (tertiary/aromatic N) is 2. The average molecular weight is 390 g/mol. The van der Waals surface area contributed by atoms with Crippen LogP contribution in [0.25, 0.3) is 0 Å². The molecule has 0 atom stereocenters. The summed E-state index contributed by atoms with van der Waals surface area (Å²) in [7, 11) is 0. The molecule has 26 heavy (non-hydrogen) atoms. The molecule has 134 valence electrons. The van der Waals surface area contributed by atoms with Crippen molar-refractivity contribution in [1.82, 2.24) is 4.90 Å². The monoisotopic (exact) mass is 389 g/mol. The van der Waals surface area contributed by atoms with Crippen LogP contribution in [0.3, 0.4) is 0 Å². The number of piperazine rings is 1. The van der Waals surface area contributed by atoms with E-state index in [1.54, 1.807) is 24.6 Å². The van der Waals surface area contributed by atoms with Crippen molar-refractivity contribution in [3.63, 3.8) is 0 Å². The fourth-order valence-corrected chi connectivity index (χ4v) is 3.43. The van der Waals surface area contributed by atoms with Gasteiger partial charge in [0, 0.05) is 43.6 Å². The molecule has 7 heteroatoms. The largest absolute Gasteiger partial charge is 0.461 e. The maximum Gasteiger partial charge on any atom is 0.254 e. The summed E-state index contributed by atoms with van der Waals surface area (Å²) < 4.78 is 5.39. The van der Waals surface area contributed by atoms with E-state index in [-0.39, 0.29) is 5.91 Å². The Balaban J connectivity index is 1.43. The maximum absolute atomic E-state index is 12.8. The molecule has 2 aliphatic rings. The van der Waals surface area contributed by atoms with Crippen molar-refractivity contribution in [3.8, 4) is 5.75 Å². The van der Waals surface area contributed by atoms with Crippen LogP contribution in [0, 0.1) is 0 Å². The molecular formula is C19H17Cl2N3O2. The van der Waals surface area contributed by atoms with Gasteiger partial charge in [0.2, 0.25) is 0 Å². The molecule has 1 N–H and O–H groups in total. The number of nitrogens with one attached hydrogen (secondary N) is 1. The highest BCUT2D eigenvalue weighted by Crippen LogP contribution is 2.30. The van der Waals surface area contributed by atoms with Crippen molar-refractivity contribution >= 4 is 40.5 Å². The van der Waals surface area contributed by atoms with Crippen LogP contribution in [0.15, 0.2) is 48.9 Å². The number of benzene rings is 2. The second-order valence-corrected chi connectivity index (χ2v) is 6.97. The van der Waals surface area contributed by atoms with E-state index in [4.69, 9.17) is 27.9 Å². The Morgan fingerprint density at radius 1 is 1.00 bits per heavy atom. The molecule has 1 fully saturated rings. The first kappa shape index (κ1) is 17.1. The number of hydrogen-bond acceptors (Lipinski definition) is 4. The third-order valence-electron chi connectivity index (χ3n) is 4.56. The molecule has 2 heterocycles. The van der Waals surface area contributed by atoms with Crippen LogP contribution in [0.2, 0.25) is 10.0 Å². The van der Waals surface area contributed by atoms with E-state index in [0.717, 1.165) is 24.5 Å². The standard InChI is InChI=1S/C19H17Cl2N3O2/c20-15-3-2-14(12-16(15)21)23-6-8-24(9-7-23)19(25)13-1-4-18-17(11-13)22-5-10-26-18/h1-5,10-12,22H,6-9H2. The van der Waals surface area contributed by atoms with Gasteiger partial charge in [-0.1, -0.05) is 23.2 Å². The van der Waals surface area contributed by atoms with E-state index in [2.05, 4.69) is 10.2 Å². The fraction of sp³-hybridized carbons (Fsp3) is 0.211. The number of carbonyl (C=O) groups is 1. The Labute approximate surface area is 161 Å². The van der Waals surface area contributed by atoms with E-state index in [1.807, 2.05) is 29.2 Å². The number of fused-ring (bicyclic) bond motifs is 1. The maximum atomic E-state index is 12.8. The number of halogens is 2. The second kappa shape index (κ2) is 7.09. The van der Waals surface area contributed by atoms with Gasteiger partial charge < -0.3 is 19.9 Å². The lowest BCUT2D eigenvalue weighted by Gasteiger charge is -2.36. The normalized spacial score (nSPS) is 15.9. The number of anilines is 2. The molecule has 0 saturated carbocycles. The van der Waals surface area contributed by atoms with E-state index in [1.165, 1.54) is 0 Å². The van der Waals surface area contributed by atoms with Crippen LogP contribution in [0.1, 0.15) is 10.4 Å². The summed E-state index contributed by atoms with van der Waals surface area (Å²) in [6.45, 7) is 2.80. The highest BCUT2D eigenvalue weighted by Gasteiger charge is 2.23. The van der Waals surface area contributed by atoms with Gasteiger partial charge in [-0.3, -0.25) is 4.79 Å². The summed E-state index contributed by atoms with van der Waals surface area (Å²) in [5.74, 6) is 0.742. The van der Waals surface area contributed by atoms with Crippen LogP contribution < -0.4 is 15.0 Å². The summed E-state index contributed by atoms with van der Waals surface area (Å²) in [4.78, 5) is 16.9. The van der Waals surface area contributed by atoms with Crippen LogP contribution >= 0.6 is 23.2 Å². The zero-order valence-corrected chi connectivity index (χ0v) is 15.4. The molecule has 2 aliphatic heterocycles. The molecule has 0 aromatic heterocycles. The number of rotatable bonds is 2. The minimum Gasteiger partial charge on any atom is -0.461 e. The van der Waals surface area contributed by atoms with E-state index in [0.29, 0.717) is 34.4 Å². The van der Waals surface area contributed by atoms with Gasteiger partial charge in [0.25, 0.3) is 5.91 Å². The number of ether oxygens (including phenoxy) is 1. The molecule has 0 radical (unpaired) electrons. The summed E-state index contributed by atoms with van der Waals surface area (Å²) in [6, 6.07) is 11.1. The third kappa shape index (κ3) is 3.32. The van der Waals surface area contributed by atoms with E-state index < -0.39 is 0 Å². The Kier molecular flexibility index (Phi) is 4.66. The first-order valence-electron chi connectivity index (χ1n) is 8.33. The fourth-order valence-electron chi connectivity index (χ4n) is 3.14. The molecule has 5 nitrogen and oxygen atoms in total. The molecular weight excluding hydrogens is 373 g/mol. The van der Waals surface area contributed by atoms with Gasteiger partial charge in [-0.15, -0.1) is 0 Å². The zero-order valence-electron chi connectivity index (χ0n) is 13.9. The Bertz CT molecular complexity index is 877. The quantitative estimate of drug-likeness (QED) is 0.834. The van der Waals surface area contributed by atoms with Crippen molar-refractivity contribution in [1.29, 1.82) is 0 Å². The van der Waals surface area contributed by atoms with Crippen molar-refractivity contribution in [2.45, 2.75) is 0 Å². The van der Waals surface area contributed by atoms with Crippen LogP contribution in [0.5, 0.6) is 5.75 Å². The minimum atomic E-state index is 0.0259. The number of carbonyl (C=O) groups excluding carboxylic acids is 1. The van der Waals surface area contributed by atoms with Gasteiger partial charge in [-0.25, -0.2) is 0 Å². The van der Waals surface area contributed by atoms with Crippen molar-refractivity contribution in [2.75, 3.05) is 36.4 Å². The van der Waals surface area contributed by atoms with Crippen LogP contribution in [-0.2, 0) is 0 Å². The molecule has 2 aromatic carbocycles. The van der Waals surface area contributed by atoms with Crippen molar-refractivity contribution in [3.05, 3.63) is 64.5 Å².